The van der Waals surface area contributed by atoms with E-state index < -0.39 is 0 Å². The van der Waals surface area contributed by atoms with Crippen molar-refractivity contribution in [3.8, 4) is 33.4 Å². The van der Waals surface area contributed by atoms with Crippen LogP contribution in [0.4, 0.5) is 22.7 Å². The molecule has 6 aromatic carbocycles. The second kappa shape index (κ2) is 13.6. The Labute approximate surface area is 261 Å². The molecule has 0 amide bonds. The van der Waals surface area contributed by atoms with Gasteiger partial charge in [-0.2, -0.15) is 0 Å². The molecule has 0 spiro atoms. The van der Waals surface area contributed by atoms with Crippen LogP contribution in [0.2, 0.25) is 0 Å². The van der Waals surface area contributed by atoms with Crippen LogP contribution in [0.3, 0.4) is 0 Å². The molecule has 0 heterocycles. The van der Waals surface area contributed by atoms with Crippen LogP contribution in [0.5, 0.6) is 0 Å². The summed E-state index contributed by atoms with van der Waals surface area (Å²) >= 11 is 0. The summed E-state index contributed by atoms with van der Waals surface area (Å²) in [5, 5.41) is 7.25. The van der Waals surface area contributed by atoms with Crippen LogP contribution >= 0.6 is 0 Å². The third-order valence-electron chi connectivity index (χ3n) is 7.81. The number of hydrogen-bond donors (Lipinski definition) is 2. The van der Waals surface area contributed by atoms with Gasteiger partial charge in [0.15, 0.2) is 0 Å². The first kappa shape index (κ1) is 28.5. The maximum Gasteiger partial charge on any atom is 0.0463 e. The van der Waals surface area contributed by atoms with Crippen LogP contribution in [0.1, 0.15) is 11.1 Å². The zero-order valence-electron chi connectivity index (χ0n) is 24.8. The fourth-order valence-electron chi connectivity index (χ4n) is 5.46. The van der Waals surface area contributed by atoms with Crippen molar-refractivity contribution < 1.29 is 0 Å². The molecule has 0 aliphatic carbocycles. The van der Waals surface area contributed by atoms with E-state index in [0.29, 0.717) is 0 Å². The summed E-state index contributed by atoms with van der Waals surface area (Å²) in [4.78, 5) is 0. The molecule has 0 fully saturated rings. The highest BCUT2D eigenvalue weighted by atomic mass is 14.9. The van der Waals surface area contributed by atoms with Crippen molar-refractivity contribution >= 4 is 22.7 Å². The molecule has 0 unspecified atom stereocenters. The number of anilines is 4. The first-order valence-corrected chi connectivity index (χ1v) is 15.0. The normalized spacial score (nSPS) is 10.6. The molecule has 0 aliphatic rings. The van der Waals surface area contributed by atoms with E-state index in [1.807, 2.05) is 12.2 Å². The molecule has 2 heteroatoms. The van der Waals surface area contributed by atoms with Crippen LogP contribution in [0.25, 0.3) is 33.4 Å². The van der Waals surface area contributed by atoms with E-state index in [-0.39, 0.29) is 0 Å². The van der Waals surface area contributed by atoms with E-state index in [1.165, 1.54) is 44.5 Å². The van der Waals surface area contributed by atoms with Gasteiger partial charge in [-0.3, -0.25) is 0 Å². The van der Waals surface area contributed by atoms with Crippen molar-refractivity contribution in [1.82, 2.24) is 0 Å². The van der Waals surface area contributed by atoms with Gasteiger partial charge in [-0.25, -0.2) is 0 Å². The summed E-state index contributed by atoms with van der Waals surface area (Å²) in [5.41, 5.74) is 13.9. The lowest BCUT2D eigenvalue weighted by atomic mass is 10.0. The standard InChI is InChI=1S/C42H36N2/c1-3-9-31-15-19-35(20-16-31)39-11-5-7-13-41(39)43-37-27-23-33(24-28-37)34-25-29-38(30-26-34)44-42-14-8-6-12-40(42)36-21-17-32(10-4-2)18-22-36/h3-8,11-30,43-44H,1-2,9-10H2. The summed E-state index contributed by atoms with van der Waals surface area (Å²) in [6.45, 7) is 7.69. The van der Waals surface area contributed by atoms with Crippen LogP contribution in [-0.2, 0) is 12.8 Å². The van der Waals surface area contributed by atoms with Crippen molar-refractivity contribution in [2.75, 3.05) is 10.6 Å². The average molecular weight is 569 g/mol. The van der Waals surface area contributed by atoms with Gasteiger partial charge in [0.05, 0.1) is 0 Å². The first-order valence-electron chi connectivity index (χ1n) is 15.0. The van der Waals surface area contributed by atoms with Crippen LogP contribution in [0, 0.1) is 0 Å². The second-order valence-electron chi connectivity index (χ2n) is 10.9. The van der Waals surface area contributed by atoms with Gasteiger partial charge in [0.2, 0.25) is 0 Å². The predicted octanol–water partition coefficient (Wildman–Crippen LogP) is 11.6. The van der Waals surface area contributed by atoms with Gasteiger partial charge < -0.3 is 10.6 Å². The molecule has 214 valence electrons. The molecule has 6 aromatic rings. The van der Waals surface area contributed by atoms with Crippen molar-refractivity contribution in [2.45, 2.75) is 12.8 Å². The average Bonchev–Trinajstić information content (AvgIpc) is 3.07. The quantitative estimate of drug-likeness (QED) is 0.152. The number of benzene rings is 6. The van der Waals surface area contributed by atoms with Gasteiger partial charge in [-0.15, -0.1) is 13.2 Å². The van der Waals surface area contributed by atoms with Crippen molar-refractivity contribution in [3.63, 3.8) is 0 Å². The fourth-order valence-corrected chi connectivity index (χ4v) is 5.46. The highest BCUT2D eigenvalue weighted by Gasteiger charge is 2.08. The lowest BCUT2D eigenvalue weighted by Crippen LogP contribution is -1.94. The maximum absolute atomic E-state index is 3.85. The first-order chi connectivity index (χ1) is 21.7. The topological polar surface area (TPSA) is 24.1 Å². The van der Waals surface area contributed by atoms with Gasteiger partial charge in [-0.05, 0) is 82.6 Å². The molecule has 6 rings (SSSR count). The van der Waals surface area contributed by atoms with E-state index in [9.17, 15) is 0 Å². The summed E-state index contributed by atoms with van der Waals surface area (Å²) in [5.74, 6) is 0. The fraction of sp³-hybridized carbons (Fsp3) is 0.0476. The Balaban J connectivity index is 1.14. The molecule has 0 bridgehead atoms. The minimum atomic E-state index is 0.881. The molecule has 0 radical (unpaired) electrons. The van der Waals surface area contributed by atoms with E-state index in [2.05, 4.69) is 169 Å². The minimum Gasteiger partial charge on any atom is -0.355 e. The van der Waals surface area contributed by atoms with Crippen LogP contribution in [0.15, 0.2) is 171 Å². The number of hydrogen-bond acceptors (Lipinski definition) is 2. The molecule has 0 saturated carbocycles. The Kier molecular flexibility index (Phi) is 8.80. The van der Waals surface area contributed by atoms with E-state index in [4.69, 9.17) is 0 Å². The largest absolute Gasteiger partial charge is 0.355 e. The van der Waals surface area contributed by atoms with Gasteiger partial charge in [0.25, 0.3) is 0 Å². The van der Waals surface area contributed by atoms with E-state index in [1.54, 1.807) is 0 Å². The Bertz CT molecular complexity index is 1710. The van der Waals surface area contributed by atoms with Gasteiger partial charge in [0, 0.05) is 33.9 Å². The molecule has 0 atom stereocenters. The van der Waals surface area contributed by atoms with Gasteiger partial charge in [-0.1, -0.05) is 121 Å². The minimum absolute atomic E-state index is 0.881. The van der Waals surface area contributed by atoms with E-state index in [0.717, 1.165) is 35.6 Å². The molecule has 0 aliphatic heterocycles. The number of allylic oxidation sites excluding steroid dienone is 2. The SMILES string of the molecule is C=CCc1ccc(-c2ccccc2Nc2ccc(-c3ccc(Nc4ccccc4-c4ccc(CC=C)cc4)cc3)cc2)cc1. The Morgan fingerprint density at radius 1 is 0.386 bits per heavy atom. The third kappa shape index (κ3) is 6.72. The molecular formula is C42H36N2. The highest BCUT2D eigenvalue weighted by molar-refractivity contribution is 5.83. The van der Waals surface area contributed by atoms with Crippen molar-refractivity contribution in [3.05, 3.63) is 182 Å². The predicted molar refractivity (Wildman–Crippen MR) is 190 cm³/mol. The van der Waals surface area contributed by atoms with Gasteiger partial charge in [0.1, 0.15) is 0 Å². The summed E-state index contributed by atoms with van der Waals surface area (Å²) in [7, 11) is 0. The van der Waals surface area contributed by atoms with Crippen molar-refractivity contribution in [1.29, 1.82) is 0 Å². The van der Waals surface area contributed by atoms with Crippen molar-refractivity contribution in [2.24, 2.45) is 0 Å². The molecule has 2 N–H and O–H groups in total. The summed E-state index contributed by atoms with van der Waals surface area (Å²) < 4.78 is 0. The second-order valence-corrected chi connectivity index (χ2v) is 10.9. The maximum atomic E-state index is 3.85. The highest BCUT2D eigenvalue weighted by Crippen LogP contribution is 2.33. The summed E-state index contributed by atoms with van der Waals surface area (Å²) in [6.07, 6.45) is 5.63. The monoisotopic (exact) mass is 568 g/mol. The number of rotatable bonds is 11. The molecule has 0 saturated heterocycles. The Morgan fingerprint density at radius 3 is 1.09 bits per heavy atom. The Hall–Kier alpha value is -5.60. The molecule has 0 aromatic heterocycles. The smallest absolute Gasteiger partial charge is 0.0463 e. The third-order valence-corrected chi connectivity index (χ3v) is 7.81. The zero-order valence-corrected chi connectivity index (χ0v) is 24.8. The molecule has 44 heavy (non-hydrogen) atoms. The lowest BCUT2D eigenvalue weighted by Gasteiger charge is -2.14. The Morgan fingerprint density at radius 2 is 0.727 bits per heavy atom. The summed E-state index contributed by atoms with van der Waals surface area (Å²) in [6, 6.07) is 51.5. The number of para-hydroxylation sites is 2. The number of nitrogens with one attached hydrogen (secondary N) is 2. The molecular weight excluding hydrogens is 532 g/mol. The van der Waals surface area contributed by atoms with E-state index >= 15 is 0 Å². The zero-order chi connectivity index (χ0) is 30.1. The van der Waals surface area contributed by atoms with Crippen LogP contribution in [-0.4, -0.2) is 0 Å². The molecule has 2 nitrogen and oxygen atoms in total. The van der Waals surface area contributed by atoms with Gasteiger partial charge >= 0.3 is 0 Å². The lowest BCUT2D eigenvalue weighted by molar-refractivity contribution is 1.28. The van der Waals surface area contributed by atoms with Crippen LogP contribution < -0.4 is 10.6 Å².